The number of amides is 1. The molecule has 1 atom stereocenters. The summed E-state index contributed by atoms with van der Waals surface area (Å²) in [6.45, 7) is 2.08. The first-order chi connectivity index (χ1) is 18.0. The van der Waals surface area contributed by atoms with E-state index in [1.54, 1.807) is 6.92 Å². The zero-order valence-electron chi connectivity index (χ0n) is 20.8. The summed E-state index contributed by atoms with van der Waals surface area (Å²) in [7, 11) is 0. The molecule has 8 heteroatoms. The summed E-state index contributed by atoms with van der Waals surface area (Å²) in [5.41, 5.74) is 12.1. The van der Waals surface area contributed by atoms with Crippen LogP contribution in [0.3, 0.4) is 0 Å². The van der Waals surface area contributed by atoms with Gasteiger partial charge in [0.15, 0.2) is 0 Å². The molecule has 2 aliphatic rings. The molecule has 0 bridgehead atoms. The van der Waals surface area contributed by atoms with Crippen molar-refractivity contribution >= 4 is 55.5 Å². The van der Waals surface area contributed by atoms with Crippen molar-refractivity contribution < 1.29 is 14.3 Å². The van der Waals surface area contributed by atoms with Crippen molar-refractivity contribution in [1.29, 1.82) is 0 Å². The van der Waals surface area contributed by atoms with Gasteiger partial charge in [0.1, 0.15) is 14.7 Å². The van der Waals surface area contributed by atoms with Gasteiger partial charge in [-0.3, -0.25) is 4.79 Å². The van der Waals surface area contributed by atoms with E-state index in [0.717, 1.165) is 71.3 Å². The van der Waals surface area contributed by atoms with Gasteiger partial charge in [0, 0.05) is 16.0 Å². The number of esters is 1. The smallest absolute Gasteiger partial charge is 0.341 e. The summed E-state index contributed by atoms with van der Waals surface area (Å²) in [6, 6.07) is 12.6. The molecule has 6 nitrogen and oxygen atoms in total. The van der Waals surface area contributed by atoms with E-state index >= 15 is 0 Å². The summed E-state index contributed by atoms with van der Waals surface area (Å²) < 4.78 is 5.40. The van der Waals surface area contributed by atoms with Crippen LogP contribution in [0.2, 0.25) is 0 Å². The fraction of sp³-hybridized carbons (Fsp3) is 0.345. The molecule has 0 fully saturated rings. The lowest BCUT2D eigenvalue weighted by molar-refractivity contribution is 0.0526. The molecule has 0 radical (unpaired) electrons. The highest BCUT2D eigenvalue weighted by Gasteiger charge is 2.31. The average molecular weight is 532 g/mol. The number of ether oxygens (including phenoxy) is 1. The molecule has 37 heavy (non-hydrogen) atoms. The summed E-state index contributed by atoms with van der Waals surface area (Å²) in [4.78, 5) is 33.7. The molecule has 6 rings (SSSR count). The summed E-state index contributed by atoms with van der Waals surface area (Å²) in [6.07, 6.45) is 6.84. The zero-order chi connectivity index (χ0) is 25.5. The number of rotatable bonds is 5. The Morgan fingerprint density at radius 3 is 2.76 bits per heavy atom. The Kier molecular flexibility index (Phi) is 6.46. The van der Waals surface area contributed by atoms with Crippen molar-refractivity contribution in [2.75, 3.05) is 17.7 Å². The number of aryl methyl sites for hydroxylation is 2. The number of nitrogens with two attached hydrogens (primary N) is 1. The van der Waals surface area contributed by atoms with E-state index in [4.69, 9.17) is 15.5 Å². The summed E-state index contributed by atoms with van der Waals surface area (Å²) in [5, 5.41) is 4.42. The van der Waals surface area contributed by atoms with Gasteiger partial charge in [0.25, 0.3) is 5.91 Å². The largest absolute Gasteiger partial charge is 0.462 e. The van der Waals surface area contributed by atoms with Gasteiger partial charge in [-0.25, -0.2) is 9.78 Å². The molecule has 0 aliphatic heterocycles. The highest BCUT2D eigenvalue weighted by atomic mass is 32.1. The molecule has 0 spiro atoms. The molecule has 1 aromatic carbocycles. The van der Waals surface area contributed by atoms with Gasteiger partial charge in [0.05, 0.1) is 17.9 Å². The topological polar surface area (TPSA) is 94.3 Å². The lowest BCUT2D eigenvalue weighted by atomic mass is 9.83. The normalized spacial score (nSPS) is 16.7. The molecular formula is C29H29N3O3S2. The van der Waals surface area contributed by atoms with Gasteiger partial charge >= 0.3 is 5.97 Å². The number of nitrogens with one attached hydrogen (secondary N) is 1. The quantitative estimate of drug-likeness (QED) is 0.286. The SMILES string of the molecule is CCOC(=O)c1c(NC(=O)c2sc3nc4c(cc3c2N)CCCC4)sc2c1CCC(c1ccccc1)C2. The van der Waals surface area contributed by atoms with E-state index in [1.165, 1.54) is 33.8 Å². The van der Waals surface area contributed by atoms with E-state index in [2.05, 4.69) is 35.6 Å². The second-order valence-corrected chi connectivity index (χ2v) is 11.8. The van der Waals surface area contributed by atoms with Gasteiger partial charge in [-0.05, 0) is 80.5 Å². The molecule has 1 unspecified atom stereocenters. The number of nitrogens with zero attached hydrogens (tertiary/aromatic N) is 1. The van der Waals surface area contributed by atoms with Crippen LogP contribution in [-0.2, 0) is 30.4 Å². The third-order valence-corrected chi connectivity index (χ3v) is 9.73. The Hall–Kier alpha value is -3.23. The van der Waals surface area contributed by atoms with Crippen LogP contribution in [0, 0.1) is 0 Å². The Bertz CT molecular complexity index is 1510. The van der Waals surface area contributed by atoms with Crippen molar-refractivity contribution in [3.8, 4) is 0 Å². The fourth-order valence-corrected chi connectivity index (χ4v) is 7.89. The molecule has 2 aliphatic carbocycles. The number of anilines is 2. The van der Waals surface area contributed by atoms with Gasteiger partial charge in [-0.15, -0.1) is 22.7 Å². The number of hydrogen-bond acceptors (Lipinski definition) is 7. The number of thiophene rings is 2. The predicted molar refractivity (Wildman–Crippen MR) is 150 cm³/mol. The number of benzene rings is 1. The Balaban J connectivity index is 1.33. The second kappa shape index (κ2) is 9.91. The van der Waals surface area contributed by atoms with Crippen molar-refractivity contribution in [3.05, 3.63) is 74.1 Å². The average Bonchev–Trinajstić information content (AvgIpc) is 3.44. The first kappa shape index (κ1) is 24.1. The van der Waals surface area contributed by atoms with Crippen molar-refractivity contribution in [2.24, 2.45) is 0 Å². The number of pyridine rings is 1. The molecular weight excluding hydrogens is 502 g/mol. The van der Waals surface area contributed by atoms with E-state index in [-0.39, 0.29) is 18.5 Å². The highest BCUT2D eigenvalue weighted by molar-refractivity contribution is 7.21. The molecule has 3 aromatic heterocycles. The van der Waals surface area contributed by atoms with Gasteiger partial charge in [0.2, 0.25) is 0 Å². The molecule has 1 amide bonds. The van der Waals surface area contributed by atoms with Crippen LogP contribution in [0.4, 0.5) is 10.7 Å². The van der Waals surface area contributed by atoms with E-state index < -0.39 is 0 Å². The molecule has 4 aromatic rings. The van der Waals surface area contributed by atoms with Crippen LogP contribution in [0.5, 0.6) is 0 Å². The Labute approximate surface area is 223 Å². The van der Waals surface area contributed by atoms with Crippen LogP contribution < -0.4 is 11.1 Å². The number of carbonyl (C=O) groups is 2. The van der Waals surface area contributed by atoms with Gasteiger partial charge in [-0.1, -0.05) is 30.3 Å². The van der Waals surface area contributed by atoms with E-state index in [9.17, 15) is 9.59 Å². The number of nitrogen functional groups attached to an aromatic ring is 1. The van der Waals surface area contributed by atoms with Crippen LogP contribution in [0.15, 0.2) is 36.4 Å². The lowest BCUT2D eigenvalue weighted by Gasteiger charge is -2.23. The van der Waals surface area contributed by atoms with E-state index in [1.807, 2.05) is 6.07 Å². The highest BCUT2D eigenvalue weighted by Crippen LogP contribution is 2.43. The fourth-order valence-electron chi connectivity index (χ4n) is 5.59. The minimum atomic E-state index is -0.382. The molecule has 0 saturated heterocycles. The summed E-state index contributed by atoms with van der Waals surface area (Å²) >= 11 is 2.81. The summed E-state index contributed by atoms with van der Waals surface area (Å²) in [5.74, 6) is -0.296. The monoisotopic (exact) mass is 531 g/mol. The van der Waals surface area contributed by atoms with Crippen molar-refractivity contribution in [1.82, 2.24) is 4.98 Å². The first-order valence-electron chi connectivity index (χ1n) is 12.9. The maximum Gasteiger partial charge on any atom is 0.341 e. The molecule has 3 heterocycles. The van der Waals surface area contributed by atoms with Crippen molar-refractivity contribution in [2.45, 2.75) is 57.8 Å². The third kappa shape index (κ3) is 4.42. The van der Waals surface area contributed by atoms with Crippen LogP contribution in [0.1, 0.15) is 79.4 Å². The Morgan fingerprint density at radius 2 is 1.95 bits per heavy atom. The van der Waals surface area contributed by atoms with E-state index in [0.29, 0.717) is 27.0 Å². The van der Waals surface area contributed by atoms with Crippen LogP contribution in [-0.4, -0.2) is 23.5 Å². The number of carbonyl (C=O) groups excluding carboxylic acids is 2. The maximum atomic E-state index is 13.5. The maximum absolute atomic E-state index is 13.5. The first-order valence-corrected chi connectivity index (χ1v) is 14.6. The van der Waals surface area contributed by atoms with Crippen LogP contribution >= 0.6 is 22.7 Å². The van der Waals surface area contributed by atoms with Gasteiger partial charge < -0.3 is 15.8 Å². The standard InChI is InChI=1S/C29H29N3O3S2/c1-2-35-29(34)23-19-13-12-17(16-8-4-3-5-9-16)15-22(19)36-28(23)32-26(33)25-24(30)20-14-18-10-6-7-11-21(18)31-27(20)37-25/h3-5,8-9,14,17H,2,6-7,10-13,15,30H2,1H3,(H,32,33). The molecule has 3 N–H and O–H groups in total. The minimum absolute atomic E-state index is 0.281. The third-order valence-electron chi connectivity index (χ3n) is 7.45. The molecule has 190 valence electrons. The zero-order valence-corrected chi connectivity index (χ0v) is 22.4. The Morgan fingerprint density at radius 1 is 1.14 bits per heavy atom. The second-order valence-electron chi connectivity index (χ2n) is 9.73. The number of aromatic nitrogens is 1. The lowest BCUT2D eigenvalue weighted by Crippen LogP contribution is -2.17. The minimum Gasteiger partial charge on any atom is -0.462 e. The van der Waals surface area contributed by atoms with Gasteiger partial charge in [-0.2, -0.15) is 0 Å². The number of fused-ring (bicyclic) bond motifs is 3. The predicted octanol–water partition coefficient (Wildman–Crippen LogP) is 6.52. The van der Waals surface area contributed by atoms with Crippen LogP contribution in [0.25, 0.3) is 10.2 Å². The van der Waals surface area contributed by atoms with Crippen molar-refractivity contribution in [3.63, 3.8) is 0 Å². The number of hydrogen-bond donors (Lipinski definition) is 2. The molecule has 0 saturated carbocycles.